The number of hydrogen-bond donors (Lipinski definition) is 1. The highest BCUT2D eigenvalue weighted by Gasteiger charge is 2.24. The summed E-state index contributed by atoms with van der Waals surface area (Å²) in [6, 6.07) is 0. The molecule has 0 amide bonds. The Bertz CT molecular complexity index is 152. The molecule has 0 spiro atoms. The maximum absolute atomic E-state index is 3.21. The third-order valence-electron chi connectivity index (χ3n) is 1.77. The summed E-state index contributed by atoms with van der Waals surface area (Å²) < 4.78 is 0. The summed E-state index contributed by atoms with van der Waals surface area (Å²) in [7, 11) is 1.99. The molecule has 1 rings (SSSR count). The molecule has 0 aromatic carbocycles. The quantitative estimate of drug-likeness (QED) is 0.587. The predicted octanol–water partition coefficient (Wildman–Crippen LogP) is 2.08. The Kier molecular flexibility index (Phi) is 2.55. The van der Waals surface area contributed by atoms with Gasteiger partial charge in [0.1, 0.15) is 0 Å². The Hall–Kier alpha value is -0.720. The van der Waals surface area contributed by atoms with Crippen LogP contribution in [0.1, 0.15) is 19.8 Å². The van der Waals surface area contributed by atoms with Crippen LogP contribution in [0.3, 0.4) is 0 Å². The van der Waals surface area contributed by atoms with E-state index >= 15 is 0 Å². The van der Waals surface area contributed by atoms with Gasteiger partial charge in [-0.3, -0.25) is 0 Å². The van der Waals surface area contributed by atoms with Crippen molar-refractivity contribution in [2.24, 2.45) is 5.92 Å². The smallest absolute Gasteiger partial charge is 0.0135 e. The van der Waals surface area contributed by atoms with Crippen molar-refractivity contribution in [1.82, 2.24) is 5.32 Å². The largest absolute Gasteiger partial charge is 0.391 e. The Balaban J connectivity index is 2.45. The van der Waals surface area contributed by atoms with Crippen LogP contribution in [0.15, 0.2) is 23.9 Å². The van der Waals surface area contributed by atoms with Crippen LogP contribution in [-0.4, -0.2) is 7.05 Å². The molecular formula is C9H15N. The molecule has 1 fully saturated rings. The minimum atomic E-state index is 0.834. The lowest BCUT2D eigenvalue weighted by atomic mass is 10.2. The van der Waals surface area contributed by atoms with E-state index in [9.17, 15) is 0 Å². The summed E-state index contributed by atoms with van der Waals surface area (Å²) >= 11 is 0. The van der Waals surface area contributed by atoms with Crippen molar-refractivity contribution in [2.45, 2.75) is 19.8 Å². The van der Waals surface area contributed by atoms with Gasteiger partial charge < -0.3 is 5.32 Å². The lowest BCUT2D eigenvalue weighted by molar-refractivity contribution is 0.847. The fraction of sp³-hybridized carbons (Fsp3) is 0.556. The van der Waals surface area contributed by atoms with Crippen molar-refractivity contribution in [3.63, 3.8) is 0 Å². The molecule has 0 radical (unpaired) electrons. The number of hydrogen-bond acceptors (Lipinski definition) is 1. The molecular weight excluding hydrogens is 122 g/mol. The van der Waals surface area contributed by atoms with E-state index in [-0.39, 0.29) is 0 Å². The monoisotopic (exact) mass is 137 g/mol. The molecule has 1 N–H and O–H groups in total. The third-order valence-corrected chi connectivity index (χ3v) is 1.77. The van der Waals surface area contributed by atoms with Crippen LogP contribution < -0.4 is 5.32 Å². The van der Waals surface area contributed by atoms with Gasteiger partial charge >= 0.3 is 0 Å². The molecule has 0 aliphatic heterocycles. The Labute approximate surface area is 62.8 Å². The lowest BCUT2D eigenvalue weighted by Gasteiger charge is -2.01. The second kappa shape index (κ2) is 3.45. The molecule has 1 aliphatic rings. The van der Waals surface area contributed by atoms with Crippen LogP contribution in [-0.2, 0) is 0 Å². The first-order chi connectivity index (χ1) is 4.88. The molecule has 1 heteroatoms. The van der Waals surface area contributed by atoms with Crippen molar-refractivity contribution >= 4 is 0 Å². The minimum absolute atomic E-state index is 0.834. The highest BCUT2D eigenvalue weighted by Crippen LogP contribution is 2.34. The zero-order valence-electron chi connectivity index (χ0n) is 6.72. The second-order valence-electron chi connectivity index (χ2n) is 2.67. The first kappa shape index (κ1) is 7.39. The van der Waals surface area contributed by atoms with Crippen molar-refractivity contribution in [2.75, 3.05) is 7.05 Å². The molecule has 0 aromatic rings. The molecule has 1 nitrogen and oxygen atoms in total. The van der Waals surface area contributed by atoms with E-state index in [2.05, 4.69) is 23.5 Å². The van der Waals surface area contributed by atoms with Gasteiger partial charge in [-0.25, -0.2) is 0 Å². The van der Waals surface area contributed by atoms with Gasteiger partial charge in [-0.05, 0) is 31.8 Å². The van der Waals surface area contributed by atoms with Crippen LogP contribution in [0.2, 0.25) is 0 Å². The van der Waals surface area contributed by atoms with Gasteiger partial charge in [0.05, 0.1) is 0 Å². The van der Waals surface area contributed by atoms with Crippen molar-refractivity contribution < 1.29 is 0 Å². The zero-order chi connectivity index (χ0) is 7.40. The summed E-state index contributed by atoms with van der Waals surface area (Å²) in [5, 5.41) is 3.21. The highest BCUT2D eigenvalue weighted by atomic mass is 14.8. The lowest BCUT2D eigenvalue weighted by Crippen LogP contribution is -2.06. The normalized spacial score (nSPS) is 20.0. The number of nitrogens with one attached hydrogen (secondary N) is 1. The molecule has 0 heterocycles. The van der Waals surface area contributed by atoms with Crippen LogP contribution in [0.5, 0.6) is 0 Å². The molecule has 0 atom stereocenters. The van der Waals surface area contributed by atoms with E-state index in [0.717, 1.165) is 5.92 Å². The summed E-state index contributed by atoms with van der Waals surface area (Å²) in [6.07, 6.45) is 9.04. The molecule has 0 saturated heterocycles. The van der Waals surface area contributed by atoms with Gasteiger partial charge in [-0.2, -0.15) is 0 Å². The highest BCUT2D eigenvalue weighted by molar-refractivity contribution is 5.16. The summed E-state index contributed by atoms with van der Waals surface area (Å²) in [5.74, 6) is 0.834. The van der Waals surface area contributed by atoms with Crippen LogP contribution in [0.25, 0.3) is 0 Å². The molecule has 1 aliphatic carbocycles. The van der Waals surface area contributed by atoms with E-state index in [4.69, 9.17) is 0 Å². The average molecular weight is 137 g/mol. The predicted molar refractivity (Wildman–Crippen MR) is 44.7 cm³/mol. The van der Waals surface area contributed by atoms with Gasteiger partial charge in [-0.1, -0.05) is 12.2 Å². The Morgan fingerprint density at radius 3 is 2.60 bits per heavy atom. The van der Waals surface area contributed by atoms with Gasteiger partial charge in [0.2, 0.25) is 0 Å². The molecule has 56 valence electrons. The molecule has 10 heavy (non-hydrogen) atoms. The van der Waals surface area contributed by atoms with Crippen LogP contribution in [0.4, 0.5) is 0 Å². The van der Waals surface area contributed by atoms with Crippen molar-refractivity contribution in [3.05, 3.63) is 23.9 Å². The molecule has 0 unspecified atom stereocenters. The van der Waals surface area contributed by atoms with Gasteiger partial charge in [0.15, 0.2) is 0 Å². The SMILES string of the molecule is C/C=C\C=C(/NC)C1CC1. The van der Waals surface area contributed by atoms with E-state index in [1.165, 1.54) is 18.5 Å². The number of rotatable bonds is 3. The third kappa shape index (κ3) is 1.90. The first-order valence-corrected chi connectivity index (χ1v) is 3.89. The van der Waals surface area contributed by atoms with E-state index in [1.54, 1.807) is 0 Å². The maximum Gasteiger partial charge on any atom is 0.0135 e. The van der Waals surface area contributed by atoms with Crippen LogP contribution in [0, 0.1) is 5.92 Å². The molecule has 1 saturated carbocycles. The first-order valence-electron chi connectivity index (χ1n) is 3.89. The zero-order valence-corrected chi connectivity index (χ0v) is 6.72. The Morgan fingerprint density at radius 2 is 2.20 bits per heavy atom. The van der Waals surface area contributed by atoms with Crippen LogP contribution >= 0.6 is 0 Å². The van der Waals surface area contributed by atoms with Crippen molar-refractivity contribution in [1.29, 1.82) is 0 Å². The fourth-order valence-electron chi connectivity index (χ4n) is 1.02. The van der Waals surface area contributed by atoms with Crippen molar-refractivity contribution in [3.8, 4) is 0 Å². The summed E-state index contributed by atoms with van der Waals surface area (Å²) in [4.78, 5) is 0. The second-order valence-corrected chi connectivity index (χ2v) is 2.67. The average Bonchev–Trinajstić information content (AvgIpc) is 2.73. The molecule has 0 aromatic heterocycles. The van der Waals surface area contributed by atoms with E-state index < -0.39 is 0 Å². The van der Waals surface area contributed by atoms with Gasteiger partial charge in [0.25, 0.3) is 0 Å². The van der Waals surface area contributed by atoms with Gasteiger partial charge in [-0.15, -0.1) is 0 Å². The maximum atomic E-state index is 3.21. The summed E-state index contributed by atoms with van der Waals surface area (Å²) in [5.41, 5.74) is 1.39. The van der Waals surface area contributed by atoms with E-state index in [1.807, 2.05) is 14.0 Å². The fourth-order valence-corrected chi connectivity index (χ4v) is 1.02. The Morgan fingerprint density at radius 1 is 1.50 bits per heavy atom. The minimum Gasteiger partial charge on any atom is -0.391 e. The van der Waals surface area contributed by atoms with E-state index in [0.29, 0.717) is 0 Å². The topological polar surface area (TPSA) is 12.0 Å². The molecule has 0 bridgehead atoms. The standard InChI is InChI=1S/C9H15N/c1-3-4-5-9(10-2)8-6-7-8/h3-5,8,10H,6-7H2,1-2H3/b4-3-,9-5-. The summed E-state index contributed by atoms with van der Waals surface area (Å²) in [6.45, 7) is 2.04. The number of allylic oxidation sites excluding steroid dienone is 4. The van der Waals surface area contributed by atoms with Gasteiger partial charge in [0, 0.05) is 12.7 Å².